The molecule has 0 saturated heterocycles. The molecule has 0 heterocycles. The highest BCUT2D eigenvalue weighted by molar-refractivity contribution is 7.56. The molecule has 64 valence electrons. The van der Waals surface area contributed by atoms with E-state index in [0.717, 1.165) is 19.3 Å². The van der Waals surface area contributed by atoms with E-state index in [1.807, 2.05) is 0 Å². The van der Waals surface area contributed by atoms with E-state index in [9.17, 15) is 4.57 Å². The van der Waals surface area contributed by atoms with E-state index < -0.39 is 7.59 Å². The van der Waals surface area contributed by atoms with Crippen molar-refractivity contribution in [2.24, 2.45) is 11.0 Å². The number of hydrogen-bond acceptors (Lipinski definition) is 1. The minimum atomic E-state index is -3.02. The Bertz CT molecular complexity index is 198. The number of nitrogens with one attached hydrogen (secondary N) is 1. The second-order valence-corrected chi connectivity index (χ2v) is 4.50. The molecule has 0 aliphatic heterocycles. The van der Waals surface area contributed by atoms with Crippen LogP contribution in [0.1, 0.15) is 19.3 Å². The van der Waals surface area contributed by atoms with Gasteiger partial charge < -0.3 is 0 Å². The molecule has 1 rings (SSSR count). The highest BCUT2D eigenvalue weighted by Gasteiger charge is 2.16. The third kappa shape index (κ3) is 3.68. The van der Waals surface area contributed by atoms with Crippen LogP contribution >= 0.6 is 7.59 Å². The number of rotatable bonds is 2. The van der Waals surface area contributed by atoms with Crippen molar-refractivity contribution in [1.29, 1.82) is 0 Å². The van der Waals surface area contributed by atoms with Gasteiger partial charge in [0, 0.05) is 6.04 Å². The van der Waals surface area contributed by atoms with Crippen LogP contribution in [-0.4, -0.2) is 6.04 Å². The summed E-state index contributed by atoms with van der Waals surface area (Å²) in [7, 11) is -3.02. The lowest BCUT2D eigenvalue weighted by Gasteiger charge is -2.20. The molecule has 4 nitrogen and oxygen atoms in total. The molecular weight excluding hydrogens is 161 g/mol. The van der Waals surface area contributed by atoms with E-state index in [4.69, 9.17) is 11.0 Å². The molecule has 0 saturated carbocycles. The maximum atomic E-state index is 10.9. The fourth-order valence-corrected chi connectivity index (χ4v) is 2.00. The molecule has 5 heteroatoms. The van der Waals surface area contributed by atoms with Crippen LogP contribution in [0.3, 0.4) is 0 Å². The summed E-state index contributed by atoms with van der Waals surface area (Å²) in [5.74, 6) is 0. The van der Waals surface area contributed by atoms with Crippen LogP contribution in [0.4, 0.5) is 0 Å². The summed E-state index contributed by atoms with van der Waals surface area (Å²) in [4.78, 5) is 0. The Hall–Kier alpha value is -0.150. The van der Waals surface area contributed by atoms with E-state index in [-0.39, 0.29) is 6.04 Å². The van der Waals surface area contributed by atoms with Gasteiger partial charge in [-0.25, -0.2) is 5.09 Å². The maximum absolute atomic E-state index is 10.9. The minimum Gasteiger partial charge on any atom is -0.271 e. The molecule has 1 aliphatic carbocycles. The van der Waals surface area contributed by atoms with Crippen molar-refractivity contribution < 1.29 is 4.57 Å². The van der Waals surface area contributed by atoms with Gasteiger partial charge in [-0.2, -0.15) is 0 Å². The lowest BCUT2D eigenvalue weighted by atomic mass is 10.0. The van der Waals surface area contributed by atoms with Crippen LogP contribution < -0.4 is 16.1 Å². The fraction of sp³-hybridized carbons (Fsp3) is 0.667. The first-order valence-electron chi connectivity index (χ1n) is 3.68. The zero-order valence-corrected chi connectivity index (χ0v) is 7.26. The molecule has 0 bridgehead atoms. The van der Waals surface area contributed by atoms with Crippen molar-refractivity contribution in [3.63, 3.8) is 0 Å². The molecule has 1 aliphatic rings. The molecule has 0 amide bonds. The van der Waals surface area contributed by atoms with Crippen molar-refractivity contribution in [2.45, 2.75) is 25.3 Å². The Balaban J connectivity index is 2.38. The maximum Gasteiger partial charge on any atom is 0.274 e. The Labute approximate surface area is 66.6 Å². The van der Waals surface area contributed by atoms with Crippen LogP contribution in [-0.2, 0) is 4.57 Å². The van der Waals surface area contributed by atoms with Gasteiger partial charge in [-0.05, 0) is 19.3 Å². The Morgan fingerprint density at radius 2 is 2.18 bits per heavy atom. The lowest BCUT2D eigenvalue weighted by Crippen LogP contribution is -2.32. The van der Waals surface area contributed by atoms with Crippen LogP contribution in [0.2, 0.25) is 0 Å². The molecule has 0 aromatic heterocycles. The zero-order valence-electron chi connectivity index (χ0n) is 6.36. The van der Waals surface area contributed by atoms with Crippen molar-refractivity contribution in [1.82, 2.24) is 5.09 Å². The molecule has 11 heavy (non-hydrogen) atoms. The van der Waals surface area contributed by atoms with Crippen LogP contribution in [0.15, 0.2) is 12.2 Å². The second kappa shape index (κ2) is 3.50. The molecular formula is C6H14N3OP. The minimum absolute atomic E-state index is 0.195. The highest BCUT2D eigenvalue weighted by Crippen LogP contribution is 2.23. The van der Waals surface area contributed by atoms with Gasteiger partial charge in [0.25, 0.3) is 7.59 Å². The lowest BCUT2D eigenvalue weighted by molar-refractivity contribution is 0.520. The Kier molecular flexibility index (Phi) is 2.84. The monoisotopic (exact) mass is 175 g/mol. The predicted octanol–water partition coefficient (Wildman–Crippen LogP) is 0.710. The van der Waals surface area contributed by atoms with Gasteiger partial charge in [0.1, 0.15) is 0 Å². The molecule has 0 spiro atoms. The molecule has 1 unspecified atom stereocenters. The second-order valence-electron chi connectivity index (χ2n) is 2.82. The van der Waals surface area contributed by atoms with E-state index in [2.05, 4.69) is 17.2 Å². The van der Waals surface area contributed by atoms with Crippen molar-refractivity contribution in [3.8, 4) is 0 Å². The van der Waals surface area contributed by atoms with Gasteiger partial charge in [-0.15, -0.1) is 0 Å². The topological polar surface area (TPSA) is 81.1 Å². The SMILES string of the molecule is NP(N)(=O)NC1CC=CCC1. The molecule has 0 fully saturated rings. The van der Waals surface area contributed by atoms with Crippen LogP contribution in [0, 0.1) is 0 Å². The first-order valence-corrected chi connectivity index (χ1v) is 5.52. The normalized spacial score (nSPS) is 25.5. The average molecular weight is 175 g/mol. The van der Waals surface area contributed by atoms with Crippen molar-refractivity contribution >= 4 is 7.59 Å². The van der Waals surface area contributed by atoms with Gasteiger partial charge in [0.15, 0.2) is 0 Å². The van der Waals surface area contributed by atoms with Gasteiger partial charge >= 0.3 is 0 Å². The molecule has 1 atom stereocenters. The summed E-state index contributed by atoms with van der Waals surface area (Å²) in [6.45, 7) is 0. The van der Waals surface area contributed by atoms with Crippen LogP contribution in [0.25, 0.3) is 0 Å². The quantitative estimate of drug-likeness (QED) is 0.426. The highest BCUT2D eigenvalue weighted by atomic mass is 31.2. The first-order chi connectivity index (χ1) is 5.08. The zero-order chi connectivity index (χ0) is 8.32. The standard InChI is InChI=1S/C6H14N3OP/c7-11(8,10)9-6-4-2-1-3-5-6/h1-2,6H,3-5H2,(H5,7,8,9,10). The third-order valence-corrected chi connectivity index (χ3v) is 2.42. The van der Waals surface area contributed by atoms with Gasteiger partial charge in [-0.3, -0.25) is 15.6 Å². The van der Waals surface area contributed by atoms with E-state index in [1.165, 1.54) is 0 Å². The van der Waals surface area contributed by atoms with E-state index in [1.54, 1.807) is 0 Å². The Morgan fingerprint density at radius 3 is 2.64 bits per heavy atom. The van der Waals surface area contributed by atoms with E-state index >= 15 is 0 Å². The summed E-state index contributed by atoms with van der Waals surface area (Å²) in [6.07, 6.45) is 7.01. The summed E-state index contributed by atoms with van der Waals surface area (Å²) < 4.78 is 10.9. The molecule has 5 N–H and O–H groups in total. The fourth-order valence-electron chi connectivity index (χ4n) is 1.20. The molecule has 0 radical (unpaired) electrons. The number of hydrogen-bond donors (Lipinski definition) is 3. The third-order valence-electron chi connectivity index (χ3n) is 1.65. The van der Waals surface area contributed by atoms with Crippen molar-refractivity contribution in [3.05, 3.63) is 12.2 Å². The molecule has 0 aromatic carbocycles. The average Bonchev–Trinajstić information content (AvgIpc) is 1.85. The van der Waals surface area contributed by atoms with E-state index in [0.29, 0.717) is 0 Å². The Morgan fingerprint density at radius 1 is 1.45 bits per heavy atom. The van der Waals surface area contributed by atoms with Crippen LogP contribution in [0.5, 0.6) is 0 Å². The first kappa shape index (κ1) is 8.94. The van der Waals surface area contributed by atoms with Gasteiger partial charge in [-0.1, -0.05) is 12.2 Å². The molecule has 0 aromatic rings. The largest absolute Gasteiger partial charge is 0.274 e. The van der Waals surface area contributed by atoms with Gasteiger partial charge in [0.05, 0.1) is 0 Å². The summed E-state index contributed by atoms with van der Waals surface area (Å²) in [6, 6.07) is 0.195. The summed E-state index contributed by atoms with van der Waals surface area (Å²) in [5.41, 5.74) is 10.3. The smallest absolute Gasteiger partial charge is 0.271 e. The van der Waals surface area contributed by atoms with Gasteiger partial charge in [0.2, 0.25) is 0 Å². The summed E-state index contributed by atoms with van der Waals surface area (Å²) in [5, 5.41) is 2.72. The number of allylic oxidation sites excluding steroid dienone is 1. The number of nitrogens with two attached hydrogens (primary N) is 2. The van der Waals surface area contributed by atoms with Crippen molar-refractivity contribution in [2.75, 3.05) is 0 Å². The predicted molar refractivity (Wildman–Crippen MR) is 45.9 cm³/mol. The summed E-state index contributed by atoms with van der Waals surface area (Å²) >= 11 is 0.